The molecule has 0 fully saturated rings. The molecule has 0 bridgehead atoms. The first-order valence-electron chi connectivity index (χ1n) is 5.62. The number of carbonyl (C=O) groups is 2. The predicted molar refractivity (Wildman–Crippen MR) is 68.9 cm³/mol. The molecular weight excluding hydrogens is 292 g/mol. The normalized spacial score (nSPS) is 13.8. The number of aliphatic hydroxyl groups is 1. The van der Waals surface area contributed by atoms with Gasteiger partial charge in [-0.05, 0) is 20.8 Å². The Morgan fingerprint density at radius 3 is 2.20 bits per heavy atom. The summed E-state index contributed by atoms with van der Waals surface area (Å²) < 4.78 is 34.9. The molecule has 0 aromatic heterocycles. The summed E-state index contributed by atoms with van der Waals surface area (Å²) in [6.45, 7) is 3.90. The van der Waals surface area contributed by atoms with Crippen molar-refractivity contribution >= 4 is 22.3 Å². The smallest absolute Gasteiger partial charge is 0.422 e. The minimum absolute atomic E-state index is 0.489. The van der Waals surface area contributed by atoms with Gasteiger partial charge in [0.2, 0.25) is 0 Å². The van der Waals surface area contributed by atoms with Crippen LogP contribution in [0, 0.1) is 0 Å². The molecule has 20 heavy (non-hydrogen) atoms. The number of methoxy groups -OCH3 is 1. The van der Waals surface area contributed by atoms with Crippen LogP contribution >= 0.6 is 0 Å². The highest BCUT2D eigenvalue weighted by atomic mass is 32.2. The van der Waals surface area contributed by atoms with Crippen LogP contribution in [0.25, 0.3) is 0 Å². The fourth-order valence-electron chi connectivity index (χ4n) is 1.12. The predicted octanol–water partition coefficient (Wildman–Crippen LogP) is -0.778. The van der Waals surface area contributed by atoms with E-state index in [0.717, 1.165) is 14.2 Å². The average Bonchev–Trinajstić information content (AvgIpc) is 2.25. The number of hydrogen-bond acceptors (Lipinski definition) is 7. The van der Waals surface area contributed by atoms with Crippen LogP contribution < -0.4 is 4.72 Å². The van der Waals surface area contributed by atoms with Crippen LogP contribution in [0.1, 0.15) is 20.8 Å². The van der Waals surface area contributed by atoms with Gasteiger partial charge >= 0.3 is 22.3 Å². The van der Waals surface area contributed by atoms with Gasteiger partial charge in [-0.3, -0.25) is 4.79 Å². The zero-order valence-corrected chi connectivity index (χ0v) is 12.9. The van der Waals surface area contributed by atoms with Crippen molar-refractivity contribution in [3.63, 3.8) is 0 Å². The van der Waals surface area contributed by atoms with Crippen molar-refractivity contribution in [1.82, 2.24) is 9.03 Å². The monoisotopic (exact) mass is 312 g/mol. The molecule has 0 unspecified atom stereocenters. The molecule has 0 saturated heterocycles. The Bertz CT molecular complexity index is 455. The van der Waals surface area contributed by atoms with Crippen LogP contribution in [-0.4, -0.2) is 62.3 Å². The fraction of sp³-hybridized carbons (Fsp3) is 0.800. The van der Waals surface area contributed by atoms with E-state index in [-0.39, 0.29) is 0 Å². The lowest BCUT2D eigenvalue weighted by Gasteiger charge is -2.25. The highest BCUT2D eigenvalue weighted by Gasteiger charge is 2.34. The summed E-state index contributed by atoms with van der Waals surface area (Å²) in [7, 11) is -2.28. The van der Waals surface area contributed by atoms with Crippen molar-refractivity contribution in [3.8, 4) is 0 Å². The number of rotatable bonds is 5. The van der Waals surface area contributed by atoms with Gasteiger partial charge in [0.05, 0.1) is 13.7 Å². The van der Waals surface area contributed by atoms with E-state index in [4.69, 9.17) is 9.84 Å². The Morgan fingerprint density at radius 2 is 1.85 bits per heavy atom. The third-order valence-corrected chi connectivity index (χ3v) is 3.51. The van der Waals surface area contributed by atoms with Crippen LogP contribution in [0.2, 0.25) is 0 Å². The van der Waals surface area contributed by atoms with Gasteiger partial charge < -0.3 is 14.6 Å². The molecule has 9 nitrogen and oxygen atoms in total. The van der Waals surface area contributed by atoms with Gasteiger partial charge in [-0.1, -0.05) is 0 Å². The maximum absolute atomic E-state index is 11.8. The molecule has 0 aliphatic rings. The molecule has 0 aliphatic carbocycles. The van der Waals surface area contributed by atoms with Crippen molar-refractivity contribution in [3.05, 3.63) is 0 Å². The maximum atomic E-state index is 11.8. The Balaban J connectivity index is 4.96. The van der Waals surface area contributed by atoms with E-state index in [1.807, 2.05) is 0 Å². The van der Waals surface area contributed by atoms with E-state index in [2.05, 4.69) is 4.74 Å². The standard InChI is InChI=1S/C10H20N2O7S/c1-10(2,3)19-9(15)11-20(16,17)12(4)7(6-13)8(14)18-5/h7,13H,6H2,1-5H3,(H,11,15)/t7-/m0/s1. The summed E-state index contributed by atoms with van der Waals surface area (Å²) in [5.74, 6) is -0.954. The van der Waals surface area contributed by atoms with Gasteiger partial charge in [0.25, 0.3) is 0 Å². The van der Waals surface area contributed by atoms with Crippen LogP contribution in [0.5, 0.6) is 0 Å². The van der Waals surface area contributed by atoms with Gasteiger partial charge in [-0.25, -0.2) is 9.52 Å². The number of amides is 1. The molecular formula is C10H20N2O7S. The quantitative estimate of drug-likeness (QED) is 0.638. The van der Waals surface area contributed by atoms with Crippen LogP contribution in [0.3, 0.4) is 0 Å². The topological polar surface area (TPSA) is 122 Å². The van der Waals surface area contributed by atoms with E-state index in [1.165, 1.54) is 0 Å². The van der Waals surface area contributed by atoms with Crippen molar-refractivity contribution in [1.29, 1.82) is 0 Å². The third kappa shape index (κ3) is 5.72. The molecule has 0 aliphatic heterocycles. The van der Waals surface area contributed by atoms with Crippen LogP contribution in [0.15, 0.2) is 0 Å². The number of carbonyl (C=O) groups excluding carboxylic acids is 2. The van der Waals surface area contributed by atoms with Gasteiger partial charge in [-0.2, -0.15) is 12.7 Å². The molecule has 0 spiro atoms. The minimum atomic E-state index is -4.35. The summed E-state index contributed by atoms with van der Waals surface area (Å²) in [5, 5.41) is 9.03. The molecule has 1 atom stereocenters. The number of ether oxygens (including phenoxy) is 2. The van der Waals surface area contributed by atoms with Gasteiger partial charge in [0, 0.05) is 7.05 Å². The Kier molecular flexibility index (Phi) is 6.38. The van der Waals surface area contributed by atoms with E-state index >= 15 is 0 Å². The molecule has 0 saturated carbocycles. The first kappa shape index (κ1) is 18.6. The summed E-state index contributed by atoms with van der Waals surface area (Å²) >= 11 is 0. The highest BCUT2D eigenvalue weighted by Crippen LogP contribution is 2.09. The minimum Gasteiger partial charge on any atom is -0.468 e. The molecule has 0 rings (SSSR count). The molecule has 10 heteroatoms. The van der Waals surface area contributed by atoms with Crippen LogP contribution in [-0.2, 0) is 24.5 Å². The Hall–Kier alpha value is -1.39. The lowest BCUT2D eigenvalue weighted by molar-refractivity contribution is -0.146. The number of nitrogens with one attached hydrogen (secondary N) is 1. The van der Waals surface area contributed by atoms with E-state index in [1.54, 1.807) is 25.5 Å². The second kappa shape index (κ2) is 6.86. The number of esters is 1. The van der Waals surface area contributed by atoms with E-state index in [0.29, 0.717) is 4.31 Å². The summed E-state index contributed by atoms with van der Waals surface area (Å²) in [6, 6.07) is -1.46. The number of nitrogens with zero attached hydrogens (tertiary/aromatic N) is 1. The largest absolute Gasteiger partial charge is 0.468 e. The van der Waals surface area contributed by atoms with Crippen molar-refractivity contribution < 1.29 is 32.6 Å². The average molecular weight is 312 g/mol. The van der Waals surface area contributed by atoms with Crippen molar-refractivity contribution in [2.45, 2.75) is 32.4 Å². The van der Waals surface area contributed by atoms with Crippen molar-refractivity contribution in [2.24, 2.45) is 0 Å². The van der Waals surface area contributed by atoms with Gasteiger partial charge in [0.1, 0.15) is 11.6 Å². The Labute approximate surface area is 118 Å². The van der Waals surface area contributed by atoms with Gasteiger partial charge in [0.15, 0.2) is 0 Å². The summed E-state index contributed by atoms with van der Waals surface area (Å²) in [6.07, 6.45) is -1.19. The SMILES string of the molecule is COC(=O)[C@H](CO)N(C)S(=O)(=O)NC(=O)OC(C)(C)C. The fourth-order valence-corrected chi connectivity index (χ4v) is 2.00. The first-order valence-corrected chi connectivity index (χ1v) is 7.06. The third-order valence-electron chi connectivity index (χ3n) is 2.08. The Morgan fingerprint density at radius 1 is 1.35 bits per heavy atom. The molecule has 0 aromatic rings. The molecule has 0 radical (unpaired) electrons. The van der Waals surface area contributed by atoms with E-state index < -0.39 is 40.5 Å². The molecule has 1 amide bonds. The second-order valence-electron chi connectivity index (χ2n) is 4.85. The zero-order chi connectivity index (χ0) is 16.1. The lowest BCUT2D eigenvalue weighted by atomic mass is 10.2. The molecule has 118 valence electrons. The first-order chi connectivity index (χ1) is 8.94. The number of aliphatic hydroxyl groups excluding tert-OH is 1. The molecule has 0 heterocycles. The zero-order valence-electron chi connectivity index (χ0n) is 12.0. The number of likely N-dealkylation sites (N-methyl/N-ethyl adjacent to an activating group) is 1. The summed E-state index contributed by atoms with van der Waals surface area (Å²) in [5.41, 5.74) is -0.878. The van der Waals surface area contributed by atoms with Crippen molar-refractivity contribution in [2.75, 3.05) is 20.8 Å². The summed E-state index contributed by atoms with van der Waals surface area (Å²) in [4.78, 5) is 22.7. The van der Waals surface area contributed by atoms with Gasteiger partial charge in [-0.15, -0.1) is 0 Å². The lowest BCUT2D eigenvalue weighted by Crippen LogP contribution is -2.51. The maximum Gasteiger partial charge on any atom is 0.422 e. The second-order valence-corrected chi connectivity index (χ2v) is 6.58. The highest BCUT2D eigenvalue weighted by molar-refractivity contribution is 7.87. The molecule has 0 aromatic carbocycles. The van der Waals surface area contributed by atoms with Crippen LogP contribution in [0.4, 0.5) is 4.79 Å². The molecule has 2 N–H and O–H groups in total. The van der Waals surface area contributed by atoms with E-state index in [9.17, 15) is 18.0 Å². The number of hydrogen-bond donors (Lipinski definition) is 2.